The Kier molecular flexibility index (Phi) is 6.91. The van der Waals surface area contributed by atoms with Crippen LogP contribution in [0.3, 0.4) is 0 Å². The van der Waals surface area contributed by atoms with Crippen LogP contribution in [0, 0.1) is 0 Å². The van der Waals surface area contributed by atoms with Crippen molar-refractivity contribution < 1.29 is 4.79 Å². The number of thiazole rings is 1. The monoisotopic (exact) mass is 438 g/mol. The molecule has 2 heterocycles. The number of hydrogen-bond donors (Lipinski definition) is 1. The summed E-state index contributed by atoms with van der Waals surface area (Å²) < 4.78 is 0.922. The van der Waals surface area contributed by atoms with Crippen molar-refractivity contribution in [3.05, 3.63) is 34.3 Å². The van der Waals surface area contributed by atoms with Gasteiger partial charge in [0.05, 0.1) is 27.8 Å². The summed E-state index contributed by atoms with van der Waals surface area (Å²) in [5, 5.41) is 5.79. The van der Waals surface area contributed by atoms with Gasteiger partial charge in [-0.25, -0.2) is 4.98 Å². The molecule has 1 fully saturated rings. The van der Waals surface area contributed by atoms with Crippen LogP contribution in [-0.2, 0) is 10.2 Å². The maximum atomic E-state index is 12.6. The van der Waals surface area contributed by atoms with Gasteiger partial charge in [0.15, 0.2) is 4.34 Å². The number of nitrogens with zero attached hydrogens (tertiary/aromatic N) is 3. The van der Waals surface area contributed by atoms with E-state index in [1.807, 2.05) is 18.2 Å². The van der Waals surface area contributed by atoms with Gasteiger partial charge >= 0.3 is 0 Å². The van der Waals surface area contributed by atoms with Crippen LogP contribution >= 0.6 is 34.7 Å². The van der Waals surface area contributed by atoms with Crippen molar-refractivity contribution in [2.24, 2.45) is 0 Å². The summed E-state index contributed by atoms with van der Waals surface area (Å²) in [7, 11) is 2.12. The second-order valence-corrected chi connectivity index (χ2v) is 10.5. The predicted molar refractivity (Wildman–Crippen MR) is 121 cm³/mol. The Morgan fingerprint density at radius 1 is 1.29 bits per heavy atom. The fourth-order valence-corrected chi connectivity index (χ4v) is 5.10. The van der Waals surface area contributed by atoms with E-state index in [-0.39, 0.29) is 11.3 Å². The Balaban J connectivity index is 1.64. The highest BCUT2D eigenvalue weighted by Gasteiger charge is 2.21. The molecule has 5 nitrogen and oxygen atoms in total. The summed E-state index contributed by atoms with van der Waals surface area (Å²) in [6, 6.07) is 5.67. The lowest BCUT2D eigenvalue weighted by Gasteiger charge is -2.35. The standard InChI is InChI=1S/C20H27ClN4OS2/c1-20(2,3)16-12-27-19(23-16)28-13-17(26)22-15-7-5-6-14(21)18(15)25-10-8-24(4)9-11-25/h5-7,12H,8-11,13H2,1-4H3,(H,22,26). The molecule has 1 aromatic carbocycles. The lowest BCUT2D eigenvalue weighted by atomic mass is 9.93. The Bertz CT molecular complexity index is 826. The Labute approximate surface area is 180 Å². The topological polar surface area (TPSA) is 48.5 Å². The molecule has 0 radical (unpaired) electrons. The normalized spacial score (nSPS) is 15.7. The van der Waals surface area contributed by atoms with Crippen LogP contribution in [0.1, 0.15) is 26.5 Å². The van der Waals surface area contributed by atoms with Gasteiger partial charge in [0.25, 0.3) is 0 Å². The van der Waals surface area contributed by atoms with Crippen molar-refractivity contribution in [2.75, 3.05) is 49.2 Å². The number of anilines is 2. The van der Waals surface area contributed by atoms with Gasteiger partial charge in [-0.2, -0.15) is 0 Å². The van der Waals surface area contributed by atoms with Crippen LogP contribution in [0.2, 0.25) is 5.02 Å². The van der Waals surface area contributed by atoms with Crippen molar-refractivity contribution in [3.63, 3.8) is 0 Å². The van der Waals surface area contributed by atoms with Crippen LogP contribution in [0.25, 0.3) is 0 Å². The number of nitrogens with one attached hydrogen (secondary N) is 1. The molecule has 2 aromatic rings. The number of likely N-dealkylation sites (N-methyl/N-ethyl adjacent to an activating group) is 1. The molecule has 28 heavy (non-hydrogen) atoms. The van der Waals surface area contributed by atoms with E-state index in [9.17, 15) is 4.79 Å². The number of thioether (sulfide) groups is 1. The molecule has 0 spiro atoms. The van der Waals surface area contributed by atoms with Gasteiger partial charge in [-0.15, -0.1) is 11.3 Å². The van der Waals surface area contributed by atoms with Crippen molar-refractivity contribution >= 4 is 52.0 Å². The molecule has 1 saturated heterocycles. The summed E-state index contributed by atoms with van der Waals surface area (Å²) in [6.07, 6.45) is 0. The Hall–Kier alpha value is -1.28. The molecule has 152 valence electrons. The average Bonchev–Trinajstić information content (AvgIpc) is 3.11. The minimum Gasteiger partial charge on any atom is -0.366 e. The van der Waals surface area contributed by atoms with Crippen LogP contribution in [-0.4, -0.2) is 54.8 Å². The maximum absolute atomic E-state index is 12.6. The highest BCUT2D eigenvalue weighted by molar-refractivity contribution is 8.01. The van der Waals surface area contributed by atoms with Crippen LogP contribution in [0.5, 0.6) is 0 Å². The number of benzene rings is 1. The molecule has 0 bridgehead atoms. The molecule has 0 unspecified atom stereocenters. The second kappa shape index (κ2) is 9.03. The molecule has 1 aliphatic rings. The highest BCUT2D eigenvalue weighted by atomic mass is 35.5. The van der Waals surface area contributed by atoms with Gasteiger partial charge in [-0.05, 0) is 19.2 Å². The zero-order valence-electron chi connectivity index (χ0n) is 16.8. The smallest absolute Gasteiger partial charge is 0.234 e. The summed E-state index contributed by atoms with van der Waals surface area (Å²) >= 11 is 9.54. The van der Waals surface area contributed by atoms with Crippen LogP contribution < -0.4 is 10.2 Å². The molecule has 1 aliphatic heterocycles. The number of hydrogen-bond acceptors (Lipinski definition) is 6. The van der Waals surface area contributed by atoms with E-state index in [0.29, 0.717) is 10.8 Å². The van der Waals surface area contributed by atoms with Gasteiger partial charge in [0, 0.05) is 37.0 Å². The zero-order valence-corrected chi connectivity index (χ0v) is 19.2. The number of para-hydroxylation sites is 1. The van der Waals surface area contributed by atoms with Crippen molar-refractivity contribution in [2.45, 2.75) is 30.5 Å². The second-order valence-electron chi connectivity index (χ2n) is 8.01. The first kappa shape index (κ1) is 21.4. The number of rotatable bonds is 5. The van der Waals surface area contributed by atoms with Crippen molar-refractivity contribution in [1.29, 1.82) is 0 Å². The molecule has 1 aromatic heterocycles. The SMILES string of the molecule is CN1CCN(c2c(Cl)cccc2NC(=O)CSc2nc(C(C)(C)C)cs2)CC1. The predicted octanol–water partition coefficient (Wildman–Crippen LogP) is 4.58. The lowest BCUT2D eigenvalue weighted by Crippen LogP contribution is -2.44. The molecular formula is C20H27ClN4OS2. The number of amides is 1. The molecule has 8 heteroatoms. The Morgan fingerprint density at radius 2 is 2.00 bits per heavy atom. The van der Waals surface area contributed by atoms with Crippen LogP contribution in [0.4, 0.5) is 11.4 Å². The first-order chi connectivity index (χ1) is 13.2. The van der Waals surface area contributed by atoms with Gasteiger partial charge < -0.3 is 15.1 Å². The fraction of sp³-hybridized carbons (Fsp3) is 0.500. The minimum absolute atomic E-state index is 0.0236. The molecule has 3 rings (SSSR count). The van der Waals surface area contributed by atoms with E-state index < -0.39 is 0 Å². The lowest BCUT2D eigenvalue weighted by molar-refractivity contribution is -0.113. The fourth-order valence-electron chi connectivity index (χ4n) is 2.95. The average molecular weight is 439 g/mol. The number of carbonyl (C=O) groups excluding carboxylic acids is 1. The first-order valence-corrected chi connectivity index (χ1v) is 11.6. The van der Waals surface area contributed by atoms with Crippen molar-refractivity contribution in [3.8, 4) is 0 Å². The zero-order chi connectivity index (χ0) is 20.3. The van der Waals surface area contributed by atoms with E-state index in [0.717, 1.165) is 47.6 Å². The van der Waals surface area contributed by atoms with Crippen LogP contribution in [0.15, 0.2) is 27.9 Å². The summed E-state index contributed by atoms with van der Waals surface area (Å²) in [5.74, 6) is 0.279. The number of piperazine rings is 1. The first-order valence-electron chi connectivity index (χ1n) is 9.34. The van der Waals surface area contributed by atoms with E-state index in [2.05, 4.69) is 53.3 Å². The highest BCUT2D eigenvalue weighted by Crippen LogP contribution is 2.35. The molecule has 1 amide bonds. The third-order valence-corrected chi connectivity index (χ3v) is 6.98. The summed E-state index contributed by atoms with van der Waals surface area (Å²) in [4.78, 5) is 21.7. The van der Waals surface area contributed by atoms with Crippen molar-refractivity contribution in [1.82, 2.24) is 9.88 Å². The third kappa shape index (κ3) is 5.41. The number of halogens is 1. The summed E-state index contributed by atoms with van der Waals surface area (Å²) in [6.45, 7) is 10.2. The quantitative estimate of drug-likeness (QED) is 0.692. The third-order valence-electron chi connectivity index (χ3n) is 4.66. The van der Waals surface area contributed by atoms with E-state index in [1.54, 1.807) is 11.3 Å². The largest absolute Gasteiger partial charge is 0.366 e. The Morgan fingerprint density at radius 3 is 2.64 bits per heavy atom. The number of aromatic nitrogens is 1. The molecular weight excluding hydrogens is 412 g/mol. The van der Waals surface area contributed by atoms with E-state index in [1.165, 1.54) is 11.8 Å². The molecule has 0 saturated carbocycles. The van der Waals surface area contributed by atoms with E-state index >= 15 is 0 Å². The van der Waals surface area contributed by atoms with E-state index in [4.69, 9.17) is 11.6 Å². The molecule has 1 N–H and O–H groups in total. The maximum Gasteiger partial charge on any atom is 0.234 e. The van der Waals surface area contributed by atoms with Gasteiger partial charge in [0.2, 0.25) is 5.91 Å². The minimum atomic E-state index is -0.0462. The van der Waals surface area contributed by atoms with Gasteiger partial charge in [-0.3, -0.25) is 4.79 Å². The van der Waals surface area contributed by atoms with Gasteiger partial charge in [-0.1, -0.05) is 50.2 Å². The summed E-state index contributed by atoms with van der Waals surface area (Å²) in [5.41, 5.74) is 2.78. The van der Waals surface area contributed by atoms with Gasteiger partial charge in [0.1, 0.15) is 0 Å². The molecule has 0 atom stereocenters. The number of carbonyl (C=O) groups is 1. The molecule has 0 aliphatic carbocycles.